The lowest BCUT2D eigenvalue weighted by molar-refractivity contribution is -0.132. The summed E-state index contributed by atoms with van der Waals surface area (Å²) in [6, 6.07) is 8.61. The Kier molecular flexibility index (Phi) is 3.25. The van der Waals surface area contributed by atoms with Crippen LogP contribution in [0.2, 0.25) is 0 Å². The van der Waals surface area contributed by atoms with Crippen LogP contribution < -0.4 is 5.32 Å². The van der Waals surface area contributed by atoms with Crippen molar-refractivity contribution in [2.75, 3.05) is 19.6 Å². The van der Waals surface area contributed by atoms with Crippen molar-refractivity contribution in [2.24, 2.45) is 0 Å². The van der Waals surface area contributed by atoms with Crippen LogP contribution in [0, 0.1) is 6.92 Å². The third-order valence-electron chi connectivity index (χ3n) is 3.11. The van der Waals surface area contributed by atoms with Crippen LogP contribution in [0.25, 0.3) is 0 Å². The Labute approximate surface area is 96.5 Å². The molecule has 16 heavy (non-hydrogen) atoms. The first-order chi connectivity index (χ1) is 7.68. The van der Waals surface area contributed by atoms with Gasteiger partial charge >= 0.3 is 0 Å². The smallest absolute Gasteiger partial charge is 0.220 e. The van der Waals surface area contributed by atoms with Gasteiger partial charge in [0.15, 0.2) is 0 Å². The number of amides is 1. The highest BCUT2D eigenvalue weighted by Crippen LogP contribution is 2.22. The molecule has 1 amide bonds. The van der Waals surface area contributed by atoms with E-state index in [-0.39, 0.29) is 11.9 Å². The van der Waals surface area contributed by atoms with Gasteiger partial charge < -0.3 is 10.2 Å². The van der Waals surface area contributed by atoms with E-state index in [2.05, 4.69) is 36.5 Å². The highest BCUT2D eigenvalue weighted by atomic mass is 16.2. The van der Waals surface area contributed by atoms with Crippen molar-refractivity contribution in [3.63, 3.8) is 0 Å². The fourth-order valence-corrected chi connectivity index (χ4v) is 2.17. The van der Waals surface area contributed by atoms with Crippen molar-refractivity contribution >= 4 is 5.91 Å². The van der Waals surface area contributed by atoms with Crippen molar-refractivity contribution in [3.05, 3.63) is 35.4 Å². The lowest BCUT2D eigenvalue weighted by Crippen LogP contribution is -2.47. The van der Waals surface area contributed by atoms with Gasteiger partial charge in [-0.25, -0.2) is 0 Å². The first-order valence-corrected chi connectivity index (χ1v) is 5.73. The molecule has 1 fully saturated rings. The van der Waals surface area contributed by atoms with Crippen LogP contribution in [0.3, 0.4) is 0 Å². The Balaban J connectivity index is 2.23. The van der Waals surface area contributed by atoms with E-state index in [1.807, 2.05) is 4.90 Å². The second-order valence-corrected chi connectivity index (χ2v) is 4.34. The monoisotopic (exact) mass is 218 g/mol. The third kappa shape index (κ3) is 2.25. The van der Waals surface area contributed by atoms with Gasteiger partial charge in [0, 0.05) is 26.6 Å². The molecular formula is C13H18N2O. The standard InChI is InChI=1S/C13H18N2O/c1-10-3-5-12(6-4-10)13-9-14-7-8-15(13)11(2)16/h3-6,13-14H,7-9H2,1-2H3. The number of piperazine rings is 1. The highest BCUT2D eigenvalue weighted by Gasteiger charge is 2.25. The van der Waals surface area contributed by atoms with Crippen LogP contribution in [-0.2, 0) is 4.79 Å². The molecule has 0 spiro atoms. The van der Waals surface area contributed by atoms with E-state index in [1.54, 1.807) is 6.92 Å². The molecule has 1 heterocycles. The molecule has 3 nitrogen and oxygen atoms in total. The van der Waals surface area contributed by atoms with Crippen LogP contribution in [0.4, 0.5) is 0 Å². The molecule has 1 aromatic carbocycles. The number of benzene rings is 1. The van der Waals surface area contributed by atoms with E-state index >= 15 is 0 Å². The van der Waals surface area contributed by atoms with Gasteiger partial charge in [0.25, 0.3) is 0 Å². The van der Waals surface area contributed by atoms with E-state index in [0.29, 0.717) is 0 Å². The van der Waals surface area contributed by atoms with Gasteiger partial charge in [-0.15, -0.1) is 0 Å². The maximum atomic E-state index is 11.5. The molecule has 1 saturated heterocycles. The van der Waals surface area contributed by atoms with Gasteiger partial charge in [-0.1, -0.05) is 29.8 Å². The Bertz CT molecular complexity index is 372. The Morgan fingerprint density at radius 2 is 2.06 bits per heavy atom. The minimum Gasteiger partial charge on any atom is -0.333 e. The lowest BCUT2D eigenvalue weighted by Gasteiger charge is -2.36. The Morgan fingerprint density at radius 3 is 2.69 bits per heavy atom. The molecule has 0 aliphatic carbocycles. The first-order valence-electron chi connectivity index (χ1n) is 5.73. The zero-order valence-corrected chi connectivity index (χ0v) is 9.86. The molecule has 3 heteroatoms. The van der Waals surface area contributed by atoms with Gasteiger partial charge in [0.05, 0.1) is 6.04 Å². The summed E-state index contributed by atoms with van der Waals surface area (Å²) < 4.78 is 0. The van der Waals surface area contributed by atoms with Crippen LogP contribution in [-0.4, -0.2) is 30.4 Å². The zero-order valence-electron chi connectivity index (χ0n) is 9.86. The number of rotatable bonds is 1. The van der Waals surface area contributed by atoms with E-state index in [1.165, 1.54) is 11.1 Å². The molecule has 1 aliphatic heterocycles. The fraction of sp³-hybridized carbons (Fsp3) is 0.462. The first kappa shape index (κ1) is 11.1. The quantitative estimate of drug-likeness (QED) is 0.774. The Hall–Kier alpha value is -1.35. The van der Waals surface area contributed by atoms with Crippen LogP contribution in [0.15, 0.2) is 24.3 Å². The predicted octanol–water partition coefficient (Wildman–Crippen LogP) is 1.49. The summed E-state index contributed by atoms with van der Waals surface area (Å²) in [6.07, 6.45) is 0. The largest absolute Gasteiger partial charge is 0.333 e. The molecule has 0 bridgehead atoms. The predicted molar refractivity (Wildman–Crippen MR) is 64.2 cm³/mol. The van der Waals surface area contributed by atoms with Gasteiger partial charge in [-0.3, -0.25) is 4.79 Å². The SMILES string of the molecule is CC(=O)N1CCNCC1c1ccc(C)cc1. The second kappa shape index (κ2) is 4.66. The fourth-order valence-electron chi connectivity index (χ4n) is 2.17. The molecule has 1 aliphatic rings. The van der Waals surface area contributed by atoms with E-state index in [0.717, 1.165) is 19.6 Å². The third-order valence-corrected chi connectivity index (χ3v) is 3.11. The van der Waals surface area contributed by atoms with Crippen molar-refractivity contribution in [3.8, 4) is 0 Å². The molecule has 1 N–H and O–H groups in total. The van der Waals surface area contributed by atoms with Crippen molar-refractivity contribution in [2.45, 2.75) is 19.9 Å². The molecule has 2 rings (SSSR count). The topological polar surface area (TPSA) is 32.3 Å². The maximum Gasteiger partial charge on any atom is 0.220 e. The van der Waals surface area contributed by atoms with Crippen molar-refractivity contribution in [1.29, 1.82) is 0 Å². The molecule has 0 radical (unpaired) electrons. The summed E-state index contributed by atoms with van der Waals surface area (Å²) in [5, 5.41) is 3.34. The number of carbonyl (C=O) groups excluding carboxylic acids is 1. The lowest BCUT2D eigenvalue weighted by atomic mass is 10.0. The van der Waals surface area contributed by atoms with Gasteiger partial charge in [-0.05, 0) is 12.5 Å². The van der Waals surface area contributed by atoms with Crippen LogP contribution in [0.5, 0.6) is 0 Å². The van der Waals surface area contributed by atoms with Gasteiger partial charge in [0.2, 0.25) is 5.91 Å². The van der Waals surface area contributed by atoms with Crippen molar-refractivity contribution in [1.82, 2.24) is 10.2 Å². The normalized spacial score (nSPS) is 20.9. The average molecular weight is 218 g/mol. The number of aryl methyl sites for hydroxylation is 1. The van der Waals surface area contributed by atoms with Crippen molar-refractivity contribution < 1.29 is 4.79 Å². The molecule has 86 valence electrons. The summed E-state index contributed by atoms with van der Waals surface area (Å²) in [5.41, 5.74) is 2.47. The molecule has 1 aromatic rings. The molecule has 1 unspecified atom stereocenters. The minimum absolute atomic E-state index is 0.159. The summed E-state index contributed by atoms with van der Waals surface area (Å²) in [6.45, 7) is 6.26. The molecule has 0 aromatic heterocycles. The number of hydrogen-bond donors (Lipinski definition) is 1. The summed E-state index contributed by atoms with van der Waals surface area (Å²) >= 11 is 0. The second-order valence-electron chi connectivity index (χ2n) is 4.34. The van der Waals surface area contributed by atoms with Crippen LogP contribution >= 0.6 is 0 Å². The van der Waals surface area contributed by atoms with Gasteiger partial charge in [-0.2, -0.15) is 0 Å². The summed E-state index contributed by atoms with van der Waals surface area (Å²) in [5.74, 6) is 0.159. The Morgan fingerprint density at radius 1 is 1.38 bits per heavy atom. The van der Waals surface area contributed by atoms with E-state index < -0.39 is 0 Å². The number of nitrogens with zero attached hydrogens (tertiary/aromatic N) is 1. The number of nitrogens with one attached hydrogen (secondary N) is 1. The highest BCUT2D eigenvalue weighted by molar-refractivity contribution is 5.74. The minimum atomic E-state index is 0.159. The maximum absolute atomic E-state index is 11.5. The molecule has 0 saturated carbocycles. The van der Waals surface area contributed by atoms with E-state index in [9.17, 15) is 4.79 Å². The average Bonchev–Trinajstić information content (AvgIpc) is 2.30. The molecule has 1 atom stereocenters. The zero-order chi connectivity index (χ0) is 11.5. The van der Waals surface area contributed by atoms with Gasteiger partial charge in [0.1, 0.15) is 0 Å². The number of hydrogen-bond acceptors (Lipinski definition) is 2. The molecular weight excluding hydrogens is 200 g/mol. The summed E-state index contributed by atoms with van der Waals surface area (Å²) in [4.78, 5) is 13.5. The number of carbonyl (C=O) groups is 1. The summed E-state index contributed by atoms with van der Waals surface area (Å²) in [7, 11) is 0. The van der Waals surface area contributed by atoms with Crippen LogP contribution in [0.1, 0.15) is 24.1 Å². The van der Waals surface area contributed by atoms with E-state index in [4.69, 9.17) is 0 Å².